The summed E-state index contributed by atoms with van der Waals surface area (Å²) in [6, 6.07) is 8.65. The third kappa shape index (κ3) is 2.34. The maximum Gasteiger partial charge on any atom is 0.244 e. The molecule has 0 bridgehead atoms. The highest BCUT2D eigenvalue weighted by Crippen LogP contribution is 2.36. The lowest BCUT2D eigenvalue weighted by Gasteiger charge is -2.33. The van der Waals surface area contributed by atoms with Crippen molar-refractivity contribution in [2.75, 3.05) is 0 Å². The zero-order valence-electron chi connectivity index (χ0n) is 8.95. The smallest absolute Gasteiger partial charge is 0.244 e. The quantitative estimate of drug-likeness (QED) is 0.816. The number of rotatable bonds is 4. The van der Waals surface area contributed by atoms with Gasteiger partial charge in [0.25, 0.3) is 0 Å². The van der Waals surface area contributed by atoms with Gasteiger partial charge in [-0.05, 0) is 12.0 Å². The molecule has 1 aromatic rings. The van der Waals surface area contributed by atoms with E-state index < -0.39 is 17.9 Å². The maximum absolute atomic E-state index is 12.6. The Morgan fingerprint density at radius 2 is 1.80 bits per heavy atom. The van der Waals surface area contributed by atoms with E-state index in [-0.39, 0.29) is 6.42 Å². The molecule has 0 saturated carbocycles. The maximum atomic E-state index is 12.6. The van der Waals surface area contributed by atoms with Gasteiger partial charge in [0.2, 0.25) is 6.43 Å². The summed E-state index contributed by atoms with van der Waals surface area (Å²) in [6.07, 6.45) is -2.24. The molecule has 0 radical (unpaired) electrons. The van der Waals surface area contributed by atoms with Crippen LogP contribution in [0.15, 0.2) is 30.3 Å². The largest absolute Gasteiger partial charge is 0.385 e. The summed E-state index contributed by atoms with van der Waals surface area (Å²) in [6.45, 7) is 3.09. The Kier molecular flexibility index (Phi) is 3.80. The first-order valence-corrected chi connectivity index (χ1v) is 5.08. The molecular formula is C12H16F2O. The Labute approximate surface area is 88.7 Å². The van der Waals surface area contributed by atoms with Crippen LogP contribution in [0.5, 0.6) is 0 Å². The molecule has 0 fully saturated rings. The van der Waals surface area contributed by atoms with E-state index in [1.807, 2.05) is 0 Å². The highest BCUT2D eigenvalue weighted by atomic mass is 19.3. The first-order valence-electron chi connectivity index (χ1n) is 5.08. The summed E-state index contributed by atoms with van der Waals surface area (Å²) < 4.78 is 25.3. The van der Waals surface area contributed by atoms with Crippen LogP contribution < -0.4 is 0 Å². The van der Waals surface area contributed by atoms with Crippen LogP contribution >= 0.6 is 0 Å². The summed E-state index contributed by atoms with van der Waals surface area (Å²) in [5.41, 5.74) is -0.879. The molecule has 1 aromatic carbocycles. The van der Waals surface area contributed by atoms with Crippen molar-refractivity contribution in [1.82, 2.24) is 0 Å². The SMILES string of the molecule is CCC(O)(c1ccccc1)C(C)C(F)F. The van der Waals surface area contributed by atoms with Crippen molar-refractivity contribution < 1.29 is 13.9 Å². The Bertz CT molecular complexity index is 300. The van der Waals surface area contributed by atoms with E-state index in [2.05, 4.69) is 0 Å². The standard InChI is InChI=1S/C12H16F2O/c1-3-12(15,9(2)11(13)14)10-7-5-4-6-8-10/h4-9,11,15H,3H2,1-2H3. The normalized spacial score (nSPS) is 17.5. The molecule has 84 valence electrons. The van der Waals surface area contributed by atoms with Crippen molar-refractivity contribution in [3.63, 3.8) is 0 Å². The fourth-order valence-electron chi connectivity index (χ4n) is 1.72. The van der Waals surface area contributed by atoms with Crippen molar-refractivity contribution in [2.45, 2.75) is 32.3 Å². The molecule has 2 unspecified atom stereocenters. The van der Waals surface area contributed by atoms with Gasteiger partial charge in [-0.3, -0.25) is 0 Å². The van der Waals surface area contributed by atoms with Gasteiger partial charge in [0.15, 0.2) is 0 Å². The fraction of sp³-hybridized carbons (Fsp3) is 0.500. The third-order valence-corrected chi connectivity index (χ3v) is 2.94. The Morgan fingerprint density at radius 3 is 2.20 bits per heavy atom. The second-order valence-electron chi connectivity index (χ2n) is 3.77. The molecule has 15 heavy (non-hydrogen) atoms. The lowest BCUT2D eigenvalue weighted by atomic mass is 9.80. The number of halogens is 2. The van der Waals surface area contributed by atoms with Crippen LogP contribution in [0.1, 0.15) is 25.8 Å². The third-order valence-electron chi connectivity index (χ3n) is 2.94. The number of alkyl halides is 2. The Hall–Kier alpha value is -0.960. The van der Waals surface area contributed by atoms with Crippen LogP contribution in [-0.4, -0.2) is 11.5 Å². The molecule has 3 heteroatoms. The summed E-state index contributed by atoms with van der Waals surface area (Å²) in [5, 5.41) is 10.3. The van der Waals surface area contributed by atoms with Gasteiger partial charge in [-0.1, -0.05) is 44.2 Å². The van der Waals surface area contributed by atoms with Crippen molar-refractivity contribution >= 4 is 0 Å². The zero-order chi connectivity index (χ0) is 11.5. The van der Waals surface area contributed by atoms with Crippen LogP contribution in [0.25, 0.3) is 0 Å². The average molecular weight is 214 g/mol. The minimum absolute atomic E-state index is 0.280. The Balaban J connectivity index is 3.05. The van der Waals surface area contributed by atoms with E-state index in [1.165, 1.54) is 6.92 Å². The van der Waals surface area contributed by atoms with Crippen LogP contribution in [0, 0.1) is 5.92 Å². The second-order valence-corrected chi connectivity index (χ2v) is 3.77. The summed E-state index contributed by atoms with van der Waals surface area (Å²) in [7, 11) is 0. The summed E-state index contributed by atoms with van der Waals surface area (Å²) >= 11 is 0. The van der Waals surface area contributed by atoms with Gasteiger partial charge >= 0.3 is 0 Å². The van der Waals surface area contributed by atoms with Crippen molar-refractivity contribution in [3.8, 4) is 0 Å². The zero-order valence-corrected chi connectivity index (χ0v) is 8.95. The van der Waals surface area contributed by atoms with Crippen LogP contribution in [0.2, 0.25) is 0 Å². The van der Waals surface area contributed by atoms with Gasteiger partial charge in [-0.2, -0.15) is 0 Å². The molecule has 0 aliphatic rings. The molecule has 0 aliphatic heterocycles. The van der Waals surface area contributed by atoms with Gasteiger partial charge in [-0.15, -0.1) is 0 Å². The van der Waals surface area contributed by atoms with Crippen LogP contribution in [-0.2, 0) is 5.60 Å². The topological polar surface area (TPSA) is 20.2 Å². The van der Waals surface area contributed by atoms with Gasteiger partial charge in [0, 0.05) is 0 Å². The molecule has 0 amide bonds. The van der Waals surface area contributed by atoms with Gasteiger partial charge in [0.1, 0.15) is 0 Å². The minimum atomic E-state index is -2.52. The first kappa shape index (κ1) is 12.1. The lowest BCUT2D eigenvalue weighted by molar-refractivity contribution is -0.0847. The van der Waals surface area contributed by atoms with E-state index in [1.54, 1.807) is 37.3 Å². The molecule has 2 atom stereocenters. The van der Waals surface area contributed by atoms with Crippen molar-refractivity contribution in [2.24, 2.45) is 5.92 Å². The van der Waals surface area contributed by atoms with E-state index in [4.69, 9.17) is 0 Å². The predicted octanol–water partition coefficient (Wildman–Crippen LogP) is 3.19. The van der Waals surface area contributed by atoms with E-state index >= 15 is 0 Å². The van der Waals surface area contributed by atoms with Gasteiger partial charge < -0.3 is 5.11 Å². The highest BCUT2D eigenvalue weighted by molar-refractivity contribution is 5.23. The van der Waals surface area contributed by atoms with E-state index in [9.17, 15) is 13.9 Å². The summed E-state index contributed by atoms with van der Waals surface area (Å²) in [5.74, 6) is -1.06. The average Bonchev–Trinajstić information content (AvgIpc) is 2.28. The lowest BCUT2D eigenvalue weighted by Crippen LogP contribution is -2.36. The molecule has 1 nitrogen and oxygen atoms in total. The van der Waals surface area contributed by atoms with Gasteiger partial charge in [-0.25, -0.2) is 8.78 Å². The molecule has 0 aliphatic carbocycles. The van der Waals surface area contributed by atoms with Crippen LogP contribution in [0.3, 0.4) is 0 Å². The monoisotopic (exact) mass is 214 g/mol. The molecule has 1 rings (SSSR count). The van der Waals surface area contributed by atoms with Crippen LogP contribution in [0.4, 0.5) is 8.78 Å². The number of hydrogen-bond acceptors (Lipinski definition) is 1. The van der Waals surface area contributed by atoms with E-state index in [0.29, 0.717) is 5.56 Å². The molecule has 0 spiro atoms. The fourth-order valence-corrected chi connectivity index (χ4v) is 1.72. The number of benzene rings is 1. The molecule has 0 saturated heterocycles. The highest BCUT2D eigenvalue weighted by Gasteiger charge is 2.38. The molecular weight excluding hydrogens is 198 g/mol. The Morgan fingerprint density at radius 1 is 1.27 bits per heavy atom. The minimum Gasteiger partial charge on any atom is -0.385 e. The molecule has 1 N–H and O–H groups in total. The van der Waals surface area contributed by atoms with Gasteiger partial charge in [0.05, 0.1) is 11.5 Å². The molecule has 0 aromatic heterocycles. The second kappa shape index (κ2) is 4.71. The number of aliphatic hydroxyl groups is 1. The van der Waals surface area contributed by atoms with Crippen molar-refractivity contribution in [1.29, 1.82) is 0 Å². The first-order chi connectivity index (χ1) is 7.02. The van der Waals surface area contributed by atoms with Crippen molar-refractivity contribution in [3.05, 3.63) is 35.9 Å². The molecule has 0 heterocycles. The summed E-state index contributed by atoms with van der Waals surface area (Å²) in [4.78, 5) is 0. The number of hydrogen-bond donors (Lipinski definition) is 1. The van der Waals surface area contributed by atoms with E-state index in [0.717, 1.165) is 0 Å². The predicted molar refractivity (Wildman–Crippen MR) is 55.8 cm³/mol.